The standard InChI is InChI=1S/C16H18N2O2/c1-12-7-9-13(10-8-12)16(18-20-3)17-14-5-4-6-15(11-14)19-2/h4-11H,1-3H3,(H,17,18). The van der Waals surface area contributed by atoms with Crippen LogP contribution in [-0.4, -0.2) is 20.1 Å². The number of nitrogens with zero attached hydrogens (tertiary/aromatic N) is 1. The first-order valence-corrected chi connectivity index (χ1v) is 6.31. The molecule has 0 saturated heterocycles. The van der Waals surface area contributed by atoms with Gasteiger partial charge in [0.15, 0.2) is 5.84 Å². The Morgan fingerprint density at radius 2 is 1.80 bits per heavy atom. The van der Waals surface area contributed by atoms with Crippen LogP contribution in [0.4, 0.5) is 5.69 Å². The van der Waals surface area contributed by atoms with Gasteiger partial charge in [-0.2, -0.15) is 0 Å². The van der Waals surface area contributed by atoms with Gasteiger partial charge in [-0.05, 0) is 19.1 Å². The molecule has 0 amide bonds. The van der Waals surface area contributed by atoms with Gasteiger partial charge in [0.2, 0.25) is 0 Å². The van der Waals surface area contributed by atoms with E-state index in [1.54, 1.807) is 14.2 Å². The van der Waals surface area contributed by atoms with Crippen molar-refractivity contribution in [2.24, 2.45) is 4.99 Å². The van der Waals surface area contributed by atoms with Gasteiger partial charge in [-0.15, -0.1) is 0 Å². The van der Waals surface area contributed by atoms with Crippen LogP contribution in [0.25, 0.3) is 0 Å². The van der Waals surface area contributed by atoms with E-state index in [9.17, 15) is 0 Å². The topological polar surface area (TPSA) is 42.8 Å². The molecule has 0 spiro atoms. The number of aryl methyl sites for hydroxylation is 1. The van der Waals surface area contributed by atoms with E-state index in [4.69, 9.17) is 9.57 Å². The first-order valence-electron chi connectivity index (χ1n) is 6.31. The molecule has 1 N–H and O–H groups in total. The van der Waals surface area contributed by atoms with Gasteiger partial charge in [0.1, 0.15) is 5.75 Å². The molecule has 4 heteroatoms. The van der Waals surface area contributed by atoms with Crippen molar-refractivity contribution in [2.45, 2.75) is 6.92 Å². The van der Waals surface area contributed by atoms with E-state index >= 15 is 0 Å². The summed E-state index contributed by atoms with van der Waals surface area (Å²) in [6, 6.07) is 15.6. The Labute approximate surface area is 119 Å². The van der Waals surface area contributed by atoms with E-state index in [0.29, 0.717) is 5.84 Å². The average Bonchev–Trinajstić information content (AvgIpc) is 2.48. The second-order valence-electron chi connectivity index (χ2n) is 4.33. The Morgan fingerprint density at radius 3 is 2.45 bits per heavy atom. The molecule has 0 bridgehead atoms. The molecule has 0 aromatic heterocycles. The lowest BCUT2D eigenvalue weighted by Gasteiger charge is -2.09. The molecule has 0 fully saturated rings. The third kappa shape index (κ3) is 3.59. The second-order valence-corrected chi connectivity index (χ2v) is 4.33. The first-order chi connectivity index (χ1) is 9.72. The molecule has 0 aliphatic carbocycles. The fourth-order valence-electron chi connectivity index (χ4n) is 1.76. The molecule has 4 nitrogen and oxygen atoms in total. The van der Waals surface area contributed by atoms with Crippen LogP contribution >= 0.6 is 0 Å². The molecule has 2 aromatic carbocycles. The summed E-state index contributed by atoms with van der Waals surface area (Å²) < 4.78 is 5.20. The van der Waals surface area contributed by atoms with Gasteiger partial charge in [-0.25, -0.2) is 10.5 Å². The monoisotopic (exact) mass is 270 g/mol. The molecule has 20 heavy (non-hydrogen) atoms. The molecule has 2 rings (SSSR count). The van der Waals surface area contributed by atoms with E-state index in [2.05, 4.69) is 10.5 Å². The van der Waals surface area contributed by atoms with Gasteiger partial charge in [0.25, 0.3) is 0 Å². The van der Waals surface area contributed by atoms with Crippen molar-refractivity contribution in [3.8, 4) is 5.75 Å². The molecular formula is C16H18N2O2. The lowest BCUT2D eigenvalue weighted by Crippen LogP contribution is -2.22. The van der Waals surface area contributed by atoms with Crippen molar-refractivity contribution in [3.05, 3.63) is 59.7 Å². The number of aliphatic imine (C=N–C) groups is 1. The Kier molecular flexibility index (Phi) is 4.74. The summed E-state index contributed by atoms with van der Waals surface area (Å²) in [6.45, 7) is 2.05. The van der Waals surface area contributed by atoms with Crippen LogP contribution in [0.15, 0.2) is 53.5 Å². The fourth-order valence-corrected chi connectivity index (χ4v) is 1.76. The van der Waals surface area contributed by atoms with Crippen LogP contribution in [0.3, 0.4) is 0 Å². The minimum atomic E-state index is 0.653. The van der Waals surface area contributed by atoms with Crippen LogP contribution in [0, 0.1) is 6.92 Å². The smallest absolute Gasteiger partial charge is 0.157 e. The number of benzene rings is 2. The average molecular weight is 270 g/mol. The summed E-state index contributed by atoms with van der Waals surface area (Å²) in [5.74, 6) is 1.42. The zero-order chi connectivity index (χ0) is 14.4. The molecule has 0 radical (unpaired) electrons. The van der Waals surface area contributed by atoms with Gasteiger partial charge < -0.3 is 4.74 Å². The summed E-state index contributed by atoms with van der Waals surface area (Å²) >= 11 is 0. The molecule has 0 saturated carbocycles. The highest BCUT2D eigenvalue weighted by Gasteiger charge is 2.04. The third-order valence-electron chi connectivity index (χ3n) is 2.82. The lowest BCUT2D eigenvalue weighted by molar-refractivity contribution is 0.145. The summed E-state index contributed by atoms with van der Waals surface area (Å²) in [6.07, 6.45) is 0. The summed E-state index contributed by atoms with van der Waals surface area (Å²) in [4.78, 5) is 9.56. The van der Waals surface area contributed by atoms with Gasteiger partial charge in [-0.3, -0.25) is 4.84 Å². The van der Waals surface area contributed by atoms with E-state index in [1.807, 2.05) is 55.5 Å². The molecule has 2 aromatic rings. The van der Waals surface area contributed by atoms with E-state index in [0.717, 1.165) is 17.0 Å². The van der Waals surface area contributed by atoms with Crippen molar-refractivity contribution in [2.75, 3.05) is 14.2 Å². The van der Waals surface area contributed by atoms with Crippen LogP contribution in [0.5, 0.6) is 5.75 Å². The van der Waals surface area contributed by atoms with Crippen molar-refractivity contribution in [3.63, 3.8) is 0 Å². The zero-order valence-corrected chi connectivity index (χ0v) is 11.9. The lowest BCUT2D eigenvalue weighted by atomic mass is 10.1. The second kappa shape index (κ2) is 6.73. The van der Waals surface area contributed by atoms with Crippen molar-refractivity contribution >= 4 is 11.5 Å². The summed E-state index contributed by atoms with van der Waals surface area (Å²) in [5, 5.41) is 0. The highest BCUT2D eigenvalue weighted by molar-refractivity contribution is 5.99. The van der Waals surface area contributed by atoms with Crippen molar-refractivity contribution in [1.29, 1.82) is 0 Å². The Morgan fingerprint density at radius 1 is 1.05 bits per heavy atom. The van der Waals surface area contributed by atoms with Gasteiger partial charge in [-0.1, -0.05) is 35.9 Å². The molecule has 0 heterocycles. The number of hydrogen-bond donors (Lipinski definition) is 1. The Hall–Kier alpha value is -2.33. The highest BCUT2D eigenvalue weighted by atomic mass is 16.6. The molecular weight excluding hydrogens is 252 g/mol. The maximum absolute atomic E-state index is 5.20. The molecule has 0 aliphatic heterocycles. The Balaban J connectivity index is 2.35. The summed E-state index contributed by atoms with van der Waals surface area (Å²) in [7, 11) is 3.20. The number of rotatable bonds is 4. The van der Waals surface area contributed by atoms with Crippen LogP contribution < -0.4 is 10.2 Å². The maximum atomic E-state index is 5.20. The number of hydroxylamine groups is 1. The fraction of sp³-hybridized carbons (Fsp3) is 0.188. The van der Waals surface area contributed by atoms with E-state index in [-0.39, 0.29) is 0 Å². The first kappa shape index (κ1) is 14.1. The number of hydrogen-bond acceptors (Lipinski definition) is 3. The van der Waals surface area contributed by atoms with E-state index < -0.39 is 0 Å². The number of nitrogens with one attached hydrogen (secondary N) is 1. The van der Waals surface area contributed by atoms with Crippen LogP contribution in [0.1, 0.15) is 11.1 Å². The minimum absolute atomic E-state index is 0.653. The van der Waals surface area contributed by atoms with Gasteiger partial charge in [0, 0.05) is 11.6 Å². The molecule has 0 atom stereocenters. The molecule has 0 unspecified atom stereocenters. The third-order valence-corrected chi connectivity index (χ3v) is 2.82. The quantitative estimate of drug-likeness (QED) is 0.527. The molecule has 104 valence electrons. The number of methoxy groups -OCH3 is 1. The predicted molar refractivity (Wildman–Crippen MR) is 80.5 cm³/mol. The largest absolute Gasteiger partial charge is 0.497 e. The predicted octanol–water partition coefficient (Wildman–Crippen LogP) is 3.23. The highest BCUT2D eigenvalue weighted by Crippen LogP contribution is 2.20. The number of ether oxygens (including phenoxy) is 1. The van der Waals surface area contributed by atoms with Gasteiger partial charge in [0.05, 0.1) is 19.9 Å². The molecule has 0 aliphatic rings. The van der Waals surface area contributed by atoms with Gasteiger partial charge >= 0.3 is 0 Å². The van der Waals surface area contributed by atoms with Crippen molar-refractivity contribution < 1.29 is 9.57 Å². The van der Waals surface area contributed by atoms with Crippen LogP contribution in [0.2, 0.25) is 0 Å². The SMILES string of the molecule is CONC(=Nc1cccc(OC)c1)c1ccc(C)cc1. The van der Waals surface area contributed by atoms with Crippen molar-refractivity contribution in [1.82, 2.24) is 5.48 Å². The summed E-state index contributed by atoms with van der Waals surface area (Å²) in [5.41, 5.74) is 5.77. The number of amidine groups is 1. The Bertz CT molecular complexity index is 592. The van der Waals surface area contributed by atoms with Crippen LogP contribution in [-0.2, 0) is 4.84 Å². The minimum Gasteiger partial charge on any atom is -0.497 e. The maximum Gasteiger partial charge on any atom is 0.157 e. The normalized spacial score (nSPS) is 11.2. The zero-order valence-electron chi connectivity index (χ0n) is 11.9. The van der Waals surface area contributed by atoms with E-state index in [1.165, 1.54) is 5.56 Å².